The van der Waals surface area contributed by atoms with Crippen LogP contribution in [0.4, 0.5) is 0 Å². The van der Waals surface area contributed by atoms with Gasteiger partial charge in [-0.25, -0.2) is 0 Å². The molecule has 0 heterocycles. The maximum Gasteiger partial charge on any atom is 0.227 e. The summed E-state index contributed by atoms with van der Waals surface area (Å²) in [5.74, 6) is 0.0152. The lowest BCUT2D eigenvalue weighted by Gasteiger charge is -2.22. The first-order chi connectivity index (χ1) is 10.7. The Balaban J connectivity index is 2.05. The van der Waals surface area contributed by atoms with E-state index in [1.165, 1.54) is 0 Å². The van der Waals surface area contributed by atoms with Gasteiger partial charge in [0, 0.05) is 18.1 Å². The molecule has 2 aromatic rings. The lowest BCUT2D eigenvalue weighted by Crippen LogP contribution is -2.32. The first-order valence-corrected chi connectivity index (χ1v) is 7.50. The third-order valence-electron chi connectivity index (χ3n) is 3.33. The van der Waals surface area contributed by atoms with Crippen LogP contribution >= 0.6 is 11.6 Å². The normalized spacial score (nSPS) is 10.0. The molecule has 0 aliphatic heterocycles. The molecule has 112 valence electrons. The van der Waals surface area contributed by atoms with Crippen molar-refractivity contribution in [3.05, 3.63) is 70.7 Å². The van der Waals surface area contributed by atoms with Crippen LogP contribution < -0.4 is 0 Å². The molecule has 4 heteroatoms. The van der Waals surface area contributed by atoms with E-state index >= 15 is 0 Å². The van der Waals surface area contributed by atoms with Crippen molar-refractivity contribution in [2.24, 2.45) is 0 Å². The zero-order valence-corrected chi connectivity index (χ0v) is 13.0. The highest BCUT2D eigenvalue weighted by Crippen LogP contribution is 2.12. The summed E-state index contributed by atoms with van der Waals surface area (Å²) in [4.78, 5) is 14.2. The van der Waals surface area contributed by atoms with Gasteiger partial charge in [0.05, 0.1) is 18.9 Å². The molecule has 0 spiro atoms. The summed E-state index contributed by atoms with van der Waals surface area (Å²) in [6, 6.07) is 19.2. The minimum absolute atomic E-state index is 0.0152. The Hall–Kier alpha value is -2.31. The lowest BCUT2D eigenvalue weighted by molar-refractivity contribution is -0.131. The second kappa shape index (κ2) is 8.21. The Morgan fingerprint density at radius 2 is 1.73 bits per heavy atom. The molecule has 0 bridgehead atoms. The Kier molecular flexibility index (Phi) is 6.00. The van der Waals surface area contributed by atoms with Gasteiger partial charge in [0.25, 0.3) is 0 Å². The Bertz CT molecular complexity index is 647. The predicted octanol–water partition coefficient (Wildman–Crippen LogP) is 3.82. The van der Waals surface area contributed by atoms with E-state index < -0.39 is 0 Å². The Morgan fingerprint density at radius 1 is 1.05 bits per heavy atom. The van der Waals surface area contributed by atoms with Gasteiger partial charge in [-0.2, -0.15) is 5.26 Å². The Labute approximate surface area is 135 Å². The molecule has 0 aliphatic rings. The molecule has 1 amide bonds. The zero-order valence-electron chi connectivity index (χ0n) is 12.2. The standard InChI is InChI=1S/C18H17ClN2O/c19-17-9-7-15(8-10-17)13-18(22)21(12-4-11-20)14-16-5-2-1-3-6-16/h1-3,5-10H,4,12-14H2. The molecule has 3 nitrogen and oxygen atoms in total. The van der Waals surface area contributed by atoms with Crippen molar-refractivity contribution in [1.29, 1.82) is 5.26 Å². The van der Waals surface area contributed by atoms with Crippen LogP contribution in [0.15, 0.2) is 54.6 Å². The third kappa shape index (κ3) is 4.91. The predicted molar refractivity (Wildman–Crippen MR) is 87.2 cm³/mol. The summed E-state index contributed by atoms with van der Waals surface area (Å²) in [5, 5.41) is 9.44. The van der Waals surface area contributed by atoms with E-state index in [0.29, 0.717) is 31.0 Å². The monoisotopic (exact) mass is 312 g/mol. The van der Waals surface area contributed by atoms with E-state index in [1.54, 1.807) is 17.0 Å². The van der Waals surface area contributed by atoms with Gasteiger partial charge in [-0.1, -0.05) is 54.1 Å². The summed E-state index contributed by atoms with van der Waals surface area (Å²) >= 11 is 5.86. The third-order valence-corrected chi connectivity index (χ3v) is 3.58. The molecule has 0 N–H and O–H groups in total. The van der Waals surface area contributed by atoms with Gasteiger partial charge in [-0.3, -0.25) is 4.79 Å². The molecule has 0 aromatic heterocycles. The van der Waals surface area contributed by atoms with Crippen LogP contribution in [-0.4, -0.2) is 17.4 Å². The number of rotatable bonds is 6. The summed E-state index contributed by atoms with van der Waals surface area (Å²) < 4.78 is 0. The molecule has 2 aromatic carbocycles. The van der Waals surface area contributed by atoms with Crippen molar-refractivity contribution in [2.75, 3.05) is 6.54 Å². The molecule has 0 saturated carbocycles. The smallest absolute Gasteiger partial charge is 0.227 e. The quantitative estimate of drug-likeness (QED) is 0.813. The minimum atomic E-state index is 0.0152. The second-order valence-corrected chi connectivity index (χ2v) is 5.45. The topological polar surface area (TPSA) is 44.1 Å². The van der Waals surface area contributed by atoms with Crippen molar-refractivity contribution in [3.63, 3.8) is 0 Å². The average Bonchev–Trinajstić information content (AvgIpc) is 2.54. The van der Waals surface area contributed by atoms with Crippen LogP contribution in [0.3, 0.4) is 0 Å². The van der Waals surface area contributed by atoms with Crippen molar-refractivity contribution in [3.8, 4) is 6.07 Å². The van der Waals surface area contributed by atoms with E-state index in [1.807, 2.05) is 42.5 Å². The fraction of sp³-hybridized carbons (Fsp3) is 0.222. The number of carbonyl (C=O) groups excluding carboxylic acids is 1. The molecule has 0 atom stereocenters. The average molecular weight is 313 g/mol. The summed E-state index contributed by atoms with van der Waals surface area (Å²) in [6.07, 6.45) is 0.647. The molecule has 0 aliphatic carbocycles. The van der Waals surface area contributed by atoms with E-state index in [2.05, 4.69) is 6.07 Å². The second-order valence-electron chi connectivity index (χ2n) is 5.01. The highest BCUT2D eigenvalue weighted by atomic mass is 35.5. The molecule has 22 heavy (non-hydrogen) atoms. The molecule has 2 rings (SSSR count). The number of hydrogen-bond acceptors (Lipinski definition) is 2. The highest BCUT2D eigenvalue weighted by Gasteiger charge is 2.14. The number of carbonyl (C=O) groups is 1. The van der Waals surface area contributed by atoms with E-state index in [4.69, 9.17) is 16.9 Å². The van der Waals surface area contributed by atoms with Gasteiger partial charge in [0.1, 0.15) is 0 Å². The zero-order chi connectivity index (χ0) is 15.8. The summed E-state index contributed by atoms with van der Waals surface area (Å²) in [5.41, 5.74) is 1.98. The first kappa shape index (κ1) is 16.1. The van der Waals surface area contributed by atoms with E-state index in [0.717, 1.165) is 11.1 Å². The molecule has 0 radical (unpaired) electrons. The number of nitrogens with zero attached hydrogens (tertiary/aromatic N) is 2. The van der Waals surface area contributed by atoms with Crippen molar-refractivity contribution in [2.45, 2.75) is 19.4 Å². The summed E-state index contributed by atoms with van der Waals surface area (Å²) in [7, 11) is 0. The van der Waals surface area contributed by atoms with Gasteiger partial charge in [-0.15, -0.1) is 0 Å². The van der Waals surface area contributed by atoms with Crippen LogP contribution in [0, 0.1) is 11.3 Å². The maximum atomic E-state index is 12.5. The van der Waals surface area contributed by atoms with Crippen LogP contribution in [0.25, 0.3) is 0 Å². The van der Waals surface area contributed by atoms with Crippen LogP contribution in [-0.2, 0) is 17.8 Å². The van der Waals surface area contributed by atoms with Crippen molar-refractivity contribution < 1.29 is 4.79 Å². The number of amides is 1. The molecular formula is C18H17ClN2O. The van der Waals surface area contributed by atoms with Crippen LogP contribution in [0.2, 0.25) is 5.02 Å². The van der Waals surface area contributed by atoms with Crippen molar-refractivity contribution in [1.82, 2.24) is 4.90 Å². The SMILES string of the molecule is N#CCCN(Cc1ccccc1)C(=O)Cc1ccc(Cl)cc1. The first-order valence-electron chi connectivity index (χ1n) is 7.12. The molecule has 0 unspecified atom stereocenters. The van der Waals surface area contributed by atoms with Gasteiger partial charge in [0.15, 0.2) is 0 Å². The van der Waals surface area contributed by atoms with Gasteiger partial charge >= 0.3 is 0 Å². The van der Waals surface area contributed by atoms with E-state index in [-0.39, 0.29) is 5.91 Å². The van der Waals surface area contributed by atoms with Crippen LogP contribution in [0.1, 0.15) is 17.5 Å². The van der Waals surface area contributed by atoms with Crippen molar-refractivity contribution >= 4 is 17.5 Å². The fourth-order valence-electron chi connectivity index (χ4n) is 2.17. The van der Waals surface area contributed by atoms with Gasteiger partial charge in [0.2, 0.25) is 5.91 Å². The molecular weight excluding hydrogens is 296 g/mol. The largest absolute Gasteiger partial charge is 0.337 e. The number of halogens is 1. The fourth-order valence-corrected chi connectivity index (χ4v) is 2.30. The Morgan fingerprint density at radius 3 is 2.36 bits per heavy atom. The maximum absolute atomic E-state index is 12.5. The van der Waals surface area contributed by atoms with Gasteiger partial charge < -0.3 is 4.90 Å². The summed E-state index contributed by atoms with van der Waals surface area (Å²) in [6.45, 7) is 0.965. The number of hydrogen-bond donors (Lipinski definition) is 0. The van der Waals surface area contributed by atoms with Crippen LogP contribution in [0.5, 0.6) is 0 Å². The van der Waals surface area contributed by atoms with Gasteiger partial charge in [-0.05, 0) is 23.3 Å². The number of nitriles is 1. The lowest BCUT2D eigenvalue weighted by atomic mass is 10.1. The minimum Gasteiger partial charge on any atom is -0.337 e. The van der Waals surface area contributed by atoms with E-state index in [9.17, 15) is 4.79 Å². The number of benzene rings is 2. The molecule has 0 saturated heterocycles. The highest BCUT2D eigenvalue weighted by molar-refractivity contribution is 6.30. The molecule has 0 fully saturated rings.